The Hall–Kier alpha value is -2.53. The number of aromatic nitrogens is 3. The van der Waals surface area contributed by atoms with Crippen molar-refractivity contribution in [3.63, 3.8) is 0 Å². The molecule has 1 atom stereocenters. The molecule has 1 unspecified atom stereocenters. The van der Waals surface area contributed by atoms with E-state index in [1.165, 1.54) is 13.0 Å². The molecule has 0 aliphatic rings. The van der Waals surface area contributed by atoms with E-state index in [1.54, 1.807) is 24.3 Å². The van der Waals surface area contributed by atoms with Gasteiger partial charge >= 0.3 is 0 Å². The van der Waals surface area contributed by atoms with Crippen LogP contribution in [0.15, 0.2) is 29.4 Å². The second-order valence-electron chi connectivity index (χ2n) is 4.45. The summed E-state index contributed by atoms with van der Waals surface area (Å²) in [6.07, 6.45) is 0. The number of halogens is 1. The number of benzene rings is 1. The minimum atomic E-state index is -1.04. The molecule has 0 bridgehead atoms. The Bertz CT molecular complexity index is 752. The Morgan fingerprint density at radius 3 is 2.91 bits per heavy atom. The first-order valence-electron chi connectivity index (χ1n) is 6.30. The highest BCUT2D eigenvalue weighted by Crippen LogP contribution is 2.22. The van der Waals surface area contributed by atoms with E-state index in [2.05, 4.69) is 15.2 Å². The van der Waals surface area contributed by atoms with Crippen LogP contribution in [0.1, 0.15) is 6.92 Å². The Morgan fingerprint density at radius 1 is 1.55 bits per heavy atom. The molecular weight excluding hydrogens is 305 g/mol. The summed E-state index contributed by atoms with van der Waals surface area (Å²) in [7, 11) is 0. The molecule has 2 N–H and O–H groups in total. The highest BCUT2D eigenvalue weighted by molar-refractivity contribution is 7.99. The smallest absolute Gasteiger partial charge is 0.209 e. The van der Waals surface area contributed by atoms with Crippen LogP contribution < -0.4 is 0 Å². The van der Waals surface area contributed by atoms with Gasteiger partial charge in [-0.2, -0.15) is 5.26 Å². The summed E-state index contributed by atoms with van der Waals surface area (Å²) in [5, 5.41) is 23.0. The maximum Gasteiger partial charge on any atom is 0.209 e. The number of Topliss-reactive ketones (excluding diaryl/α,β-unsaturated/α-hetero) is 1. The van der Waals surface area contributed by atoms with Gasteiger partial charge < -0.3 is 5.41 Å². The molecule has 0 saturated carbocycles. The van der Waals surface area contributed by atoms with E-state index in [0.29, 0.717) is 5.56 Å². The molecule has 6 nitrogen and oxygen atoms in total. The van der Waals surface area contributed by atoms with E-state index in [4.69, 9.17) is 10.7 Å². The summed E-state index contributed by atoms with van der Waals surface area (Å²) in [4.78, 5) is 15.9. The lowest BCUT2D eigenvalue weighted by Gasteiger charge is -2.03. The van der Waals surface area contributed by atoms with Gasteiger partial charge in [-0.05, 0) is 19.1 Å². The van der Waals surface area contributed by atoms with Gasteiger partial charge in [-0.1, -0.05) is 23.9 Å². The quantitative estimate of drug-likeness (QED) is 0.628. The number of carbonyl (C=O) groups excluding carboxylic acids is 1. The van der Waals surface area contributed by atoms with Gasteiger partial charge in [0.2, 0.25) is 5.16 Å². The molecule has 112 valence electrons. The number of nitrogens with one attached hydrogen (secondary N) is 2. The largest absolute Gasteiger partial charge is 0.308 e. The van der Waals surface area contributed by atoms with Gasteiger partial charge in [0.25, 0.3) is 0 Å². The third-order valence-corrected chi connectivity index (χ3v) is 3.69. The molecule has 1 aromatic heterocycles. The van der Waals surface area contributed by atoms with Gasteiger partial charge in [0, 0.05) is 5.71 Å². The predicted molar refractivity (Wildman–Crippen MR) is 80.0 cm³/mol. The summed E-state index contributed by atoms with van der Waals surface area (Å²) in [5.74, 6) is -1.60. The summed E-state index contributed by atoms with van der Waals surface area (Å²) in [6, 6.07) is 7.93. The lowest BCUT2D eigenvalue weighted by molar-refractivity contribution is -0.117. The first-order chi connectivity index (χ1) is 10.5. The number of hydrogen-bond acceptors (Lipinski definition) is 6. The van der Waals surface area contributed by atoms with Crippen LogP contribution in [0.5, 0.6) is 0 Å². The van der Waals surface area contributed by atoms with Crippen LogP contribution in [0.2, 0.25) is 0 Å². The van der Waals surface area contributed by atoms with Crippen LogP contribution in [0.4, 0.5) is 4.39 Å². The monoisotopic (exact) mass is 317 g/mol. The third-order valence-electron chi connectivity index (χ3n) is 2.82. The topological polar surface area (TPSA) is 106 Å². The van der Waals surface area contributed by atoms with Gasteiger partial charge in [-0.15, -0.1) is 5.10 Å². The number of carbonyl (C=O) groups is 1. The second kappa shape index (κ2) is 6.95. The molecule has 0 aliphatic heterocycles. The van der Waals surface area contributed by atoms with Crippen molar-refractivity contribution < 1.29 is 9.18 Å². The molecule has 0 spiro atoms. The van der Waals surface area contributed by atoms with Crippen molar-refractivity contribution in [1.29, 1.82) is 10.7 Å². The highest BCUT2D eigenvalue weighted by atomic mass is 32.2. The van der Waals surface area contributed by atoms with Crippen LogP contribution in [0.3, 0.4) is 0 Å². The van der Waals surface area contributed by atoms with E-state index < -0.39 is 11.7 Å². The minimum Gasteiger partial charge on any atom is -0.308 e. The summed E-state index contributed by atoms with van der Waals surface area (Å²) < 4.78 is 13.6. The van der Waals surface area contributed by atoms with Crippen molar-refractivity contribution >= 4 is 23.3 Å². The molecule has 2 rings (SSSR count). The molecule has 22 heavy (non-hydrogen) atoms. The van der Waals surface area contributed by atoms with Crippen LogP contribution in [-0.2, 0) is 4.79 Å². The Labute approximate surface area is 130 Å². The standard InChI is InChI=1S/C14H12FN5OS/c1-8(17)10(6-16)12(21)7-22-14-18-13(19-20-14)9-4-2-3-5-11(9)15/h2-5,10,17H,7H2,1H3,(H,18,19,20). The molecule has 0 aliphatic carbocycles. The van der Waals surface area contributed by atoms with E-state index in [1.807, 2.05) is 0 Å². The molecule has 0 radical (unpaired) electrons. The Kier molecular flexibility index (Phi) is 5.01. The summed E-state index contributed by atoms with van der Waals surface area (Å²) in [6.45, 7) is 1.42. The van der Waals surface area contributed by atoms with Gasteiger partial charge in [-0.25, -0.2) is 9.37 Å². The van der Waals surface area contributed by atoms with Gasteiger partial charge in [0.15, 0.2) is 11.6 Å². The fraction of sp³-hybridized carbons (Fsp3) is 0.214. The van der Waals surface area contributed by atoms with Crippen molar-refractivity contribution in [2.75, 3.05) is 5.75 Å². The normalized spacial score (nSPS) is 11.7. The fourth-order valence-electron chi connectivity index (χ4n) is 1.71. The average molecular weight is 317 g/mol. The van der Waals surface area contributed by atoms with E-state index in [0.717, 1.165) is 11.8 Å². The zero-order chi connectivity index (χ0) is 16.1. The number of thioether (sulfide) groups is 1. The van der Waals surface area contributed by atoms with Crippen molar-refractivity contribution in [3.8, 4) is 17.5 Å². The van der Waals surface area contributed by atoms with Crippen LogP contribution in [0.25, 0.3) is 11.4 Å². The molecule has 1 heterocycles. The number of nitrogens with zero attached hydrogens (tertiary/aromatic N) is 3. The third kappa shape index (κ3) is 3.56. The second-order valence-corrected chi connectivity index (χ2v) is 5.39. The van der Waals surface area contributed by atoms with E-state index >= 15 is 0 Å². The van der Waals surface area contributed by atoms with Gasteiger partial charge in [-0.3, -0.25) is 9.89 Å². The van der Waals surface area contributed by atoms with Crippen LogP contribution >= 0.6 is 11.8 Å². The average Bonchev–Trinajstić information content (AvgIpc) is 2.94. The van der Waals surface area contributed by atoms with Crippen molar-refractivity contribution in [1.82, 2.24) is 15.2 Å². The van der Waals surface area contributed by atoms with Gasteiger partial charge in [0.1, 0.15) is 11.7 Å². The first kappa shape index (κ1) is 15.9. The maximum absolute atomic E-state index is 13.6. The number of aromatic amines is 1. The summed E-state index contributed by atoms with van der Waals surface area (Å²) in [5.41, 5.74) is 0.300. The number of hydrogen-bond donors (Lipinski definition) is 2. The van der Waals surface area contributed by atoms with Crippen molar-refractivity contribution in [2.24, 2.45) is 5.92 Å². The van der Waals surface area contributed by atoms with Gasteiger partial charge in [0.05, 0.1) is 17.4 Å². The zero-order valence-corrected chi connectivity index (χ0v) is 12.4. The lowest BCUT2D eigenvalue weighted by Crippen LogP contribution is -2.21. The summed E-state index contributed by atoms with van der Waals surface area (Å²) >= 11 is 1.04. The first-order valence-corrected chi connectivity index (χ1v) is 7.29. The fourth-order valence-corrected chi connectivity index (χ4v) is 2.42. The lowest BCUT2D eigenvalue weighted by atomic mass is 10.0. The molecule has 0 fully saturated rings. The Morgan fingerprint density at radius 2 is 2.27 bits per heavy atom. The van der Waals surface area contributed by atoms with Crippen molar-refractivity contribution in [3.05, 3.63) is 30.1 Å². The zero-order valence-electron chi connectivity index (χ0n) is 11.6. The number of nitriles is 1. The van der Waals surface area contributed by atoms with E-state index in [9.17, 15) is 9.18 Å². The minimum absolute atomic E-state index is 0.00938. The van der Waals surface area contributed by atoms with Crippen LogP contribution in [-0.4, -0.2) is 32.4 Å². The molecule has 1 aromatic carbocycles. The molecule has 0 saturated heterocycles. The highest BCUT2D eigenvalue weighted by Gasteiger charge is 2.21. The molecule has 2 aromatic rings. The van der Waals surface area contributed by atoms with Crippen molar-refractivity contribution in [2.45, 2.75) is 12.1 Å². The predicted octanol–water partition coefficient (Wildman–Crippen LogP) is 2.45. The number of rotatable bonds is 6. The Balaban J connectivity index is 2.05. The van der Waals surface area contributed by atoms with E-state index in [-0.39, 0.29) is 28.2 Å². The molecule has 8 heteroatoms. The number of H-pyrrole nitrogens is 1. The van der Waals surface area contributed by atoms with Crippen LogP contribution in [0, 0.1) is 28.5 Å². The maximum atomic E-state index is 13.6. The molecular formula is C14H12FN5OS. The molecule has 0 amide bonds. The SMILES string of the molecule is CC(=N)C(C#N)C(=O)CSc1n[nH]c(-c2ccccc2F)n1. The number of ketones is 1.